The highest BCUT2D eigenvalue weighted by Crippen LogP contribution is 2.60. The van der Waals surface area contributed by atoms with Gasteiger partial charge in [-0.1, -0.05) is 25.1 Å². The predicted octanol–water partition coefficient (Wildman–Crippen LogP) is 2.96. The van der Waals surface area contributed by atoms with Gasteiger partial charge in [-0.15, -0.1) is 0 Å². The van der Waals surface area contributed by atoms with E-state index in [2.05, 4.69) is 23.1 Å². The molecular formula is C21H20FN5. The van der Waals surface area contributed by atoms with E-state index in [-0.39, 0.29) is 17.3 Å². The summed E-state index contributed by atoms with van der Waals surface area (Å²) in [4.78, 5) is 2.11. The van der Waals surface area contributed by atoms with Crippen LogP contribution in [-0.4, -0.2) is 24.5 Å². The van der Waals surface area contributed by atoms with Crippen molar-refractivity contribution in [3.8, 4) is 18.2 Å². The molecule has 2 N–H and O–H groups in total. The summed E-state index contributed by atoms with van der Waals surface area (Å²) in [7, 11) is 1.96. The number of hydrogen-bond acceptors (Lipinski definition) is 5. The number of nitriles is 3. The third-order valence-electron chi connectivity index (χ3n) is 6.00. The Morgan fingerprint density at radius 2 is 1.78 bits per heavy atom. The van der Waals surface area contributed by atoms with Crippen LogP contribution in [0.15, 0.2) is 47.2 Å². The summed E-state index contributed by atoms with van der Waals surface area (Å²) in [6, 6.07) is 12.2. The van der Waals surface area contributed by atoms with Crippen molar-refractivity contribution in [1.29, 1.82) is 15.8 Å². The van der Waals surface area contributed by atoms with E-state index in [1.165, 1.54) is 12.1 Å². The summed E-state index contributed by atoms with van der Waals surface area (Å²) in [5, 5.41) is 29.8. The molecule has 0 aromatic heterocycles. The Kier molecular flexibility index (Phi) is 4.31. The molecule has 1 aromatic carbocycles. The molecule has 0 bridgehead atoms. The minimum atomic E-state index is -1.71. The van der Waals surface area contributed by atoms with Crippen LogP contribution in [0.3, 0.4) is 0 Å². The summed E-state index contributed by atoms with van der Waals surface area (Å²) in [6.07, 6.45) is 1.98. The monoisotopic (exact) mass is 361 g/mol. The van der Waals surface area contributed by atoms with Crippen molar-refractivity contribution in [3.63, 3.8) is 0 Å². The average Bonchev–Trinajstić information content (AvgIpc) is 2.65. The molecule has 0 spiro atoms. The fourth-order valence-electron chi connectivity index (χ4n) is 4.57. The van der Waals surface area contributed by atoms with Crippen LogP contribution >= 0.6 is 0 Å². The van der Waals surface area contributed by atoms with Crippen LogP contribution in [0.4, 0.5) is 4.39 Å². The van der Waals surface area contributed by atoms with Crippen LogP contribution < -0.4 is 5.73 Å². The minimum Gasteiger partial charge on any atom is -0.399 e. The van der Waals surface area contributed by atoms with Gasteiger partial charge in [0.25, 0.3) is 0 Å². The van der Waals surface area contributed by atoms with Gasteiger partial charge in [0.15, 0.2) is 5.41 Å². The Bertz CT molecular complexity index is 956. The first kappa shape index (κ1) is 18.6. The first-order valence-corrected chi connectivity index (χ1v) is 8.66. The molecule has 1 aliphatic heterocycles. The lowest BCUT2D eigenvalue weighted by molar-refractivity contribution is 0.124. The smallest absolute Gasteiger partial charge is 0.191 e. The molecule has 0 radical (unpaired) electrons. The van der Waals surface area contributed by atoms with E-state index in [1.807, 2.05) is 27.0 Å². The van der Waals surface area contributed by atoms with Crippen molar-refractivity contribution >= 4 is 0 Å². The predicted molar refractivity (Wildman–Crippen MR) is 97.9 cm³/mol. The maximum atomic E-state index is 13.5. The Labute approximate surface area is 158 Å². The summed E-state index contributed by atoms with van der Waals surface area (Å²) in [6.45, 7) is 4.50. The molecule has 0 amide bonds. The second-order valence-corrected chi connectivity index (χ2v) is 7.57. The molecule has 136 valence electrons. The third kappa shape index (κ3) is 2.44. The van der Waals surface area contributed by atoms with Gasteiger partial charge in [-0.2, -0.15) is 15.8 Å². The largest absolute Gasteiger partial charge is 0.399 e. The number of benzene rings is 1. The summed E-state index contributed by atoms with van der Waals surface area (Å²) < 4.78 is 13.5. The molecule has 1 heterocycles. The molecule has 0 fully saturated rings. The molecule has 27 heavy (non-hydrogen) atoms. The molecule has 3 rings (SSSR count). The second-order valence-electron chi connectivity index (χ2n) is 7.57. The van der Waals surface area contributed by atoms with Gasteiger partial charge in [-0.25, -0.2) is 4.39 Å². The number of rotatable bonds is 1. The Balaban J connectivity index is 2.42. The molecular weight excluding hydrogens is 341 g/mol. The maximum Gasteiger partial charge on any atom is 0.191 e. The van der Waals surface area contributed by atoms with Crippen molar-refractivity contribution in [2.75, 3.05) is 13.6 Å². The molecule has 0 saturated heterocycles. The molecule has 2 aliphatic rings. The van der Waals surface area contributed by atoms with E-state index in [9.17, 15) is 20.2 Å². The summed E-state index contributed by atoms with van der Waals surface area (Å²) in [5.74, 6) is -1.04. The van der Waals surface area contributed by atoms with Gasteiger partial charge >= 0.3 is 0 Å². The van der Waals surface area contributed by atoms with Crippen molar-refractivity contribution in [2.24, 2.45) is 16.6 Å². The van der Waals surface area contributed by atoms with Gasteiger partial charge in [-0.3, -0.25) is 4.90 Å². The van der Waals surface area contributed by atoms with E-state index in [1.54, 1.807) is 12.1 Å². The first-order chi connectivity index (χ1) is 12.7. The Morgan fingerprint density at radius 1 is 1.19 bits per heavy atom. The van der Waals surface area contributed by atoms with Gasteiger partial charge in [0.2, 0.25) is 0 Å². The fraction of sp³-hybridized carbons (Fsp3) is 0.381. The van der Waals surface area contributed by atoms with Crippen molar-refractivity contribution in [3.05, 3.63) is 58.6 Å². The van der Waals surface area contributed by atoms with Crippen molar-refractivity contribution in [1.82, 2.24) is 4.90 Å². The third-order valence-corrected chi connectivity index (χ3v) is 6.00. The van der Waals surface area contributed by atoms with E-state index in [4.69, 9.17) is 5.73 Å². The second kappa shape index (κ2) is 6.23. The highest BCUT2D eigenvalue weighted by Gasteiger charge is 2.60. The highest BCUT2D eigenvalue weighted by atomic mass is 19.1. The van der Waals surface area contributed by atoms with Crippen LogP contribution in [0.2, 0.25) is 0 Å². The number of nitrogens with two attached hydrogens (primary N) is 1. The number of nitrogens with zero attached hydrogens (tertiary/aromatic N) is 4. The van der Waals surface area contributed by atoms with Crippen molar-refractivity contribution < 1.29 is 4.39 Å². The number of halogens is 1. The molecule has 6 heteroatoms. The Morgan fingerprint density at radius 3 is 2.30 bits per heavy atom. The normalized spacial score (nSPS) is 29.7. The highest BCUT2D eigenvalue weighted by molar-refractivity contribution is 5.61. The van der Waals surface area contributed by atoms with Crippen molar-refractivity contribution in [2.45, 2.75) is 25.8 Å². The maximum absolute atomic E-state index is 13.5. The van der Waals surface area contributed by atoms with Gasteiger partial charge in [-0.05, 0) is 37.2 Å². The molecule has 1 aliphatic carbocycles. The van der Waals surface area contributed by atoms with Gasteiger partial charge in [0.05, 0.1) is 23.4 Å². The lowest BCUT2D eigenvalue weighted by atomic mass is 9.51. The lowest BCUT2D eigenvalue weighted by Gasteiger charge is -2.53. The lowest BCUT2D eigenvalue weighted by Crippen LogP contribution is -2.54. The molecule has 0 saturated carbocycles. The van der Waals surface area contributed by atoms with E-state index in [0.717, 1.165) is 5.57 Å². The SMILES string of the molecule is C[C@@H]1C=C2C(C#N)=C(N)C(C#N)(C#N)[C@H](c3ccc(F)cc3)[C@@]2(C)CN1C. The number of fused-ring (bicyclic) bond motifs is 1. The van der Waals surface area contributed by atoms with E-state index in [0.29, 0.717) is 12.1 Å². The van der Waals surface area contributed by atoms with Crippen LogP contribution in [0.1, 0.15) is 25.3 Å². The van der Waals surface area contributed by atoms with Crippen LogP contribution in [0, 0.1) is 50.6 Å². The fourth-order valence-corrected chi connectivity index (χ4v) is 4.57. The molecule has 5 nitrogen and oxygen atoms in total. The molecule has 1 aromatic rings. The first-order valence-electron chi connectivity index (χ1n) is 8.66. The van der Waals surface area contributed by atoms with E-state index < -0.39 is 22.6 Å². The van der Waals surface area contributed by atoms with Crippen LogP contribution in [0.5, 0.6) is 0 Å². The quantitative estimate of drug-likeness (QED) is 0.829. The standard InChI is InChI=1S/C21H20FN5/c1-13-8-17-16(9-23)19(26)21(10-24,11-25)18(20(17,2)12-27(13)3)14-4-6-15(22)7-5-14/h4-8,13,18H,12,26H2,1-3H3/t13-,18-,20+/m1/s1. The number of allylic oxidation sites excluding steroid dienone is 2. The Hall–Kier alpha value is -3.14. The molecule has 3 atom stereocenters. The zero-order valence-corrected chi connectivity index (χ0v) is 15.5. The summed E-state index contributed by atoms with van der Waals surface area (Å²) >= 11 is 0. The van der Waals surface area contributed by atoms with Gasteiger partial charge < -0.3 is 5.73 Å². The van der Waals surface area contributed by atoms with Gasteiger partial charge in [0, 0.05) is 23.9 Å². The average molecular weight is 361 g/mol. The van der Waals surface area contributed by atoms with Gasteiger partial charge in [0.1, 0.15) is 11.9 Å². The van der Waals surface area contributed by atoms with Crippen LogP contribution in [0.25, 0.3) is 0 Å². The number of hydrogen-bond donors (Lipinski definition) is 1. The number of likely N-dealkylation sites (N-methyl/N-ethyl adjacent to an activating group) is 1. The van der Waals surface area contributed by atoms with E-state index >= 15 is 0 Å². The summed E-state index contributed by atoms with van der Waals surface area (Å²) in [5.41, 5.74) is 5.44. The zero-order valence-electron chi connectivity index (χ0n) is 15.5. The molecule has 0 unspecified atom stereocenters. The van der Waals surface area contributed by atoms with Crippen LogP contribution in [-0.2, 0) is 0 Å². The topological polar surface area (TPSA) is 101 Å². The zero-order chi connectivity index (χ0) is 20.0. The minimum absolute atomic E-state index is 0.0233.